The molecule has 0 saturated carbocycles. The Morgan fingerprint density at radius 1 is 1.33 bits per heavy atom. The minimum atomic E-state index is -0.0657. The number of carbonyl (C=O) groups excluding carboxylic acids is 1. The van der Waals surface area contributed by atoms with Crippen LogP contribution in [0.1, 0.15) is 18.7 Å². The Labute approximate surface area is 124 Å². The lowest BCUT2D eigenvalue weighted by molar-refractivity contribution is -0.116. The van der Waals surface area contributed by atoms with Crippen LogP contribution in [0.4, 0.5) is 5.69 Å². The molecular formula is C16H21N3O2. The zero-order chi connectivity index (χ0) is 15.2. The van der Waals surface area contributed by atoms with E-state index in [1.165, 1.54) is 0 Å². The molecule has 2 N–H and O–H groups in total. The topological polar surface area (TPSA) is 55.3 Å². The molecule has 5 nitrogen and oxygen atoms in total. The van der Waals surface area contributed by atoms with Gasteiger partial charge in [0, 0.05) is 29.7 Å². The van der Waals surface area contributed by atoms with Crippen molar-refractivity contribution in [1.82, 2.24) is 9.88 Å². The van der Waals surface area contributed by atoms with E-state index in [1.54, 1.807) is 13.2 Å². The van der Waals surface area contributed by atoms with Crippen LogP contribution in [0.15, 0.2) is 42.6 Å². The first-order valence-electron chi connectivity index (χ1n) is 6.90. The number of nitrogens with zero attached hydrogens (tertiary/aromatic N) is 1. The molecule has 5 heteroatoms. The first-order chi connectivity index (χ1) is 10.1. The fraction of sp³-hybridized carbons (Fsp3) is 0.312. The third-order valence-corrected chi connectivity index (χ3v) is 3.41. The highest BCUT2D eigenvalue weighted by atomic mass is 16.5. The third-order valence-electron chi connectivity index (χ3n) is 3.41. The van der Waals surface area contributed by atoms with Gasteiger partial charge in [0.25, 0.3) is 0 Å². The number of carbonyl (C=O) groups is 1. The number of amides is 1. The number of aromatic nitrogens is 1. The molecule has 2 aromatic rings. The van der Waals surface area contributed by atoms with Crippen LogP contribution in [-0.4, -0.2) is 24.6 Å². The summed E-state index contributed by atoms with van der Waals surface area (Å²) in [5.74, 6) is 0.655. The van der Waals surface area contributed by atoms with Crippen LogP contribution in [0, 0.1) is 0 Å². The van der Waals surface area contributed by atoms with Gasteiger partial charge in [0.15, 0.2) is 0 Å². The standard InChI is InChI=1S/C16H21N3O2/c1-12(17-2)15-8-5-9-19(15)11-16(20)18-13-6-4-7-14(10-13)21-3/h4-10,12,17H,11H2,1-3H3,(H,18,20). The Morgan fingerprint density at radius 3 is 2.86 bits per heavy atom. The van der Waals surface area contributed by atoms with Crippen molar-refractivity contribution in [2.75, 3.05) is 19.5 Å². The number of benzene rings is 1. The Kier molecular flexibility index (Phi) is 5.00. The van der Waals surface area contributed by atoms with E-state index in [1.807, 2.05) is 48.1 Å². The molecule has 112 valence electrons. The van der Waals surface area contributed by atoms with Gasteiger partial charge < -0.3 is 19.9 Å². The predicted molar refractivity (Wildman–Crippen MR) is 83.5 cm³/mol. The summed E-state index contributed by atoms with van der Waals surface area (Å²) in [7, 11) is 3.50. The number of rotatable bonds is 6. The Bertz CT molecular complexity index is 607. The van der Waals surface area contributed by atoms with E-state index in [0.717, 1.165) is 17.1 Å². The average molecular weight is 287 g/mol. The molecular weight excluding hydrogens is 266 g/mol. The minimum absolute atomic E-state index is 0.0657. The molecule has 2 rings (SSSR count). The van der Waals surface area contributed by atoms with E-state index in [4.69, 9.17) is 4.74 Å². The van der Waals surface area contributed by atoms with Crippen molar-refractivity contribution >= 4 is 11.6 Å². The largest absolute Gasteiger partial charge is 0.497 e. The number of hydrogen-bond donors (Lipinski definition) is 2. The molecule has 0 radical (unpaired) electrons. The molecule has 0 bridgehead atoms. The summed E-state index contributed by atoms with van der Waals surface area (Å²) in [5.41, 5.74) is 1.81. The summed E-state index contributed by atoms with van der Waals surface area (Å²) < 4.78 is 7.08. The van der Waals surface area contributed by atoms with Crippen molar-refractivity contribution in [3.05, 3.63) is 48.3 Å². The molecule has 0 aliphatic rings. The number of methoxy groups -OCH3 is 1. The number of nitrogens with one attached hydrogen (secondary N) is 2. The number of anilines is 1. The number of hydrogen-bond acceptors (Lipinski definition) is 3. The van der Waals surface area contributed by atoms with E-state index in [2.05, 4.69) is 17.6 Å². The second-order valence-electron chi connectivity index (χ2n) is 4.85. The first kappa shape index (κ1) is 15.1. The lowest BCUT2D eigenvalue weighted by Gasteiger charge is -2.15. The Hall–Kier alpha value is -2.27. The number of ether oxygens (including phenoxy) is 1. The van der Waals surface area contributed by atoms with Crippen LogP contribution in [0.5, 0.6) is 5.75 Å². The molecule has 21 heavy (non-hydrogen) atoms. The smallest absolute Gasteiger partial charge is 0.244 e. The normalized spacial score (nSPS) is 12.0. The molecule has 1 aromatic carbocycles. The Morgan fingerprint density at radius 2 is 2.14 bits per heavy atom. The van der Waals surface area contributed by atoms with Crippen molar-refractivity contribution in [3.8, 4) is 5.75 Å². The molecule has 0 fully saturated rings. The van der Waals surface area contributed by atoms with Gasteiger partial charge in [-0.2, -0.15) is 0 Å². The molecule has 0 aliphatic carbocycles. The van der Waals surface area contributed by atoms with Crippen molar-refractivity contribution in [3.63, 3.8) is 0 Å². The summed E-state index contributed by atoms with van der Waals surface area (Å²) >= 11 is 0. The van der Waals surface area contributed by atoms with Crippen LogP contribution in [0.3, 0.4) is 0 Å². The summed E-state index contributed by atoms with van der Waals surface area (Å²) in [5, 5.41) is 6.06. The van der Waals surface area contributed by atoms with Crippen LogP contribution in [-0.2, 0) is 11.3 Å². The van der Waals surface area contributed by atoms with E-state index in [0.29, 0.717) is 0 Å². The lowest BCUT2D eigenvalue weighted by Crippen LogP contribution is -2.22. The third kappa shape index (κ3) is 3.86. The second-order valence-corrected chi connectivity index (χ2v) is 4.85. The van der Waals surface area contributed by atoms with Crippen molar-refractivity contribution in [1.29, 1.82) is 0 Å². The maximum atomic E-state index is 12.1. The quantitative estimate of drug-likeness (QED) is 0.858. The predicted octanol–water partition coefficient (Wildman–Crippen LogP) is 2.42. The van der Waals surface area contributed by atoms with Crippen LogP contribution in [0.25, 0.3) is 0 Å². The summed E-state index contributed by atoms with van der Waals surface area (Å²) in [6.45, 7) is 2.34. The van der Waals surface area contributed by atoms with Crippen LogP contribution >= 0.6 is 0 Å². The van der Waals surface area contributed by atoms with Crippen LogP contribution < -0.4 is 15.4 Å². The molecule has 1 unspecified atom stereocenters. The lowest BCUT2D eigenvalue weighted by atomic mass is 10.2. The average Bonchev–Trinajstić information content (AvgIpc) is 2.94. The van der Waals surface area contributed by atoms with Gasteiger partial charge in [0.2, 0.25) is 5.91 Å². The first-order valence-corrected chi connectivity index (χ1v) is 6.90. The van der Waals surface area contributed by atoms with E-state index < -0.39 is 0 Å². The zero-order valence-electron chi connectivity index (χ0n) is 12.6. The molecule has 1 aromatic heterocycles. The van der Waals surface area contributed by atoms with Gasteiger partial charge >= 0.3 is 0 Å². The highest BCUT2D eigenvalue weighted by Gasteiger charge is 2.11. The molecule has 0 spiro atoms. The fourth-order valence-electron chi connectivity index (χ4n) is 2.17. The molecule has 1 heterocycles. The van der Waals surface area contributed by atoms with Gasteiger partial charge in [0.1, 0.15) is 12.3 Å². The Balaban J connectivity index is 2.03. The monoisotopic (exact) mass is 287 g/mol. The fourth-order valence-corrected chi connectivity index (χ4v) is 2.17. The van der Waals surface area contributed by atoms with E-state index in [-0.39, 0.29) is 18.5 Å². The van der Waals surface area contributed by atoms with Crippen molar-refractivity contribution in [2.45, 2.75) is 19.5 Å². The van der Waals surface area contributed by atoms with Gasteiger partial charge in [-0.1, -0.05) is 6.07 Å². The van der Waals surface area contributed by atoms with E-state index >= 15 is 0 Å². The second kappa shape index (κ2) is 6.95. The highest BCUT2D eigenvalue weighted by molar-refractivity contribution is 5.90. The van der Waals surface area contributed by atoms with Crippen molar-refractivity contribution < 1.29 is 9.53 Å². The van der Waals surface area contributed by atoms with Gasteiger partial charge in [-0.25, -0.2) is 0 Å². The molecule has 0 aliphatic heterocycles. The van der Waals surface area contributed by atoms with Crippen LogP contribution in [0.2, 0.25) is 0 Å². The highest BCUT2D eigenvalue weighted by Crippen LogP contribution is 2.17. The van der Waals surface area contributed by atoms with E-state index in [9.17, 15) is 4.79 Å². The molecule has 1 amide bonds. The zero-order valence-corrected chi connectivity index (χ0v) is 12.6. The summed E-state index contributed by atoms with van der Waals surface area (Å²) in [6, 6.07) is 11.5. The maximum absolute atomic E-state index is 12.1. The minimum Gasteiger partial charge on any atom is -0.497 e. The van der Waals surface area contributed by atoms with Gasteiger partial charge in [-0.3, -0.25) is 4.79 Å². The summed E-state index contributed by atoms with van der Waals surface area (Å²) in [4.78, 5) is 12.1. The summed E-state index contributed by atoms with van der Waals surface area (Å²) in [6.07, 6.45) is 1.91. The van der Waals surface area contributed by atoms with Crippen molar-refractivity contribution in [2.24, 2.45) is 0 Å². The van der Waals surface area contributed by atoms with Gasteiger partial charge in [0.05, 0.1) is 7.11 Å². The molecule has 1 atom stereocenters. The maximum Gasteiger partial charge on any atom is 0.244 e. The molecule has 0 saturated heterocycles. The SMILES string of the molecule is CNC(C)c1cccn1CC(=O)Nc1cccc(OC)c1. The van der Waals surface area contributed by atoms with Gasteiger partial charge in [-0.05, 0) is 38.2 Å². The van der Waals surface area contributed by atoms with Gasteiger partial charge in [-0.15, -0.1) is 0 Å².